The lowest BCUT2D eigenvalue weighted by Gasteiger charge is -2.13. The second-order valence-electron chi connectivity index (χ2n) is 6.83. The molecule has 0 aromatic carbocycles. The van der Waals surface area contributed by atoms with Crippen LogP contribution in [-0.2, 0) is 6.54 Å². The molecule has 3 aromatic rings. The number of fused-ring (bicyclic) bond motifs is 1. The zero-order chi connectivity index (χ0) is 21.5. The van der Waals surface area contributed by atoms with Gasteiger partial charge in [-0.1, -0.05) is 6.08 Å². The predicted octanol–water partition coefficient (Wildman–Crippen LogP) is 3.53. The van der Waals surface area contributed by atoms with Crippen molar-refractivity contribution in [3.63, 3.8) is 0 Å². The van der Waals surface area contributed by atoms with Crippen LogP contribution in [0.25, 0.3) is 22.3 Å². The van der Waals surface area contributed by atoms with Crippen molar-refractivity contribution in [2.24, 2.45) is 0 Å². The summed E-state index contributed by atoms with van der Waals surface area (Å²) in [6.45, 7) is 6.72. The average molecular weight is 406 g/mol. The number of alkyl halides is 3. The number of nitrogens with zero attached hydrogens (tertiary/aromatic N) is 5. The minimum atomic E-state index is -4.41. The Balaban J connectivity index is 2.37. The molecule has 0 unspecified atom stereocenters. The molecule has 3 rings (SSSR count). The molecule has 3 heterocycles. The van der Waals surface area contributed by atoms with Crippen LogP contribution in [0.3, 0.4) is 0 Å². The Morgan fingerprint density at radius 1 is 1.21 bits per heavy atom. The Morgan fingerprint density at radius 3 is 2.38 bits per heavy atom. The molecule has 154 valence electrons. The summed E-state index contributed by atoms with van der Waals surface area (Å²) in [5.74, 6) is -0.134. The van der Waals surface area contributed by atoms with Crippen molar-refractivity contribution in [2.45, 2.75) is 46.8 Å². The Morgan fingerprint density at radius 2 is 1.83 bits per heavy atom. The fourth-order valence-corrected chi connectivity index (χ4v) is 3.15. The smallest absolute Gasteiger partial charge is 0.369 e. The van der Waals surface area contributed by atoms with E-state index in [4.69, 9.17) is 5.73 Å². The summed E-state index contributed by atoms with van der Waals surface area (Å²) in [5.41, 5.74) is 9.41. The maximum atomic E-state index is 12.7. The highest BCUT2D eigenvalue weighted by atomic mass is 19.4. The molecule has 0 saturated heterocycles. The number of hydrogen-bond acceptors (Lipinski definition) is 5. The van der Waals surface area contributed by atoms with Gasteiger partial charge in [0.05, 0.1) is 24.2 Å². The van der Waals surface area contributed by atoms with Gasteiger partial charge in [-0.2, -0.15) is 13.2 Å². The van der Waals surface area contributed by atoms with Gasteiger partial charge in [-0.3, -0.25) is 4.98 Å². The fourth-order valence-electron chi connectivity index (χ4n) is 3.15. The minimum Gasteiger partial charge on any atom is -0.369 e. The first kappa shape index (κ1) is 20.6. The highest BCUT2D eigenvalue weighted by Gasteiger charge is 2.28. The summed E-state index contributed by atoms with van der Waals surface area (Å²) in [6.07, 6.45) is -3.75. The maximum Gasteiger partial charge on any atom is 0.390 e. The van der Waals surface area contributed by atoms with Gasteiger partial charge < -0.3 is 5.73 Å². The summed E-state index contributed by atoms with van der Waals surface area (Å²) in [4.78, 5) is 21.4. The molecule has 0 spiro atoms. The van der Waals surface area contributed by atoms with Gasteiger partial charge in [-0.05, 0) is 51.0 Å². The summed E-state index contributed by atoms with van der Waals surface area (Å²) < 4.78 is 39.8. The van der Waals surface area contributed by atoms with Crippen molar-refractivity contribution in [2.75, 3.05) is 5.73 Å². The Bertz CT molecular complexity index is 1150. The molecule has 7 nitrogen and oxygen atoms in total. The zero-order valence-electron chi connectivity index (χ0n) is 16.5. The lowest BCUT2D eigenvalue weighted by Crippen LogP contribution is -2.25. The molecular formula is C19H21F3N6O. The molecule has 0 aliphatic rings. The van der Waals surface area contributed by atoms with Gasteiger partial charge in [0.2, 0.25) is 5.95 Å². The summed E-state index contributed by atoms with van der Waals surface area (Å²) >= 11 is 0. The van der Waals surface area contributed by atoms with Crippen LogP contribution >= 0.6 is 0 Å². The molecule has 2 N–H and O–H groups in total. The SMILES string of the molecule is C/C=C(/C)c1nc(N)n2c(=O)n(CCC(F)(F)F)nc2c1-c1cc(C)nc(C)c1. The minimum absolute atomic E-state index is 0.134. The average Bonchev–Trinajstić information content (AvgIpc) is 2.94. The van der Waals surface area contributed by atoms with Crippen LogP contribution in [0.1, 0.15) is 37.4 Å². The van der Waals surface area contributed by atoms with E-state index in [0.29, 0.717) is 16.8 Å². The fraction of sp³-hybridized carbons (Fsp3) is 0.368. The molecule has 0 fully saturated rings. The van der Waals surface area contributed by atoms with Crippen LogP contribution in [0.5, 0.6) is 0 Å². The van der Waals surface area contributed by atoms with E-state index in [0.717, 1.165) is 26.0 Å². The molecule has 29 heavy (non-hydrogen) atoms. The van der Waals surface area contributed by atoms with Crippen LogP contribution in [0.2, 0.25) is 0 Å². The molecule has 0 aliphatic heterocycles. The van der Waals surface area contributed by atoms with E-state index in [9.17, 15) is 18.0 Å². The standard InChI is InChI=1S/C19H21F3N6O/c1-5-10(2)15-14(13-8-11(3)24-12(4)9-13)16-26-27(7-6-19(20,21)22)18(29)28(16)17(23)25-15/h5,8-9H,6-7H2,1-4H3,(H2,23,25)/b10-5-. The number of nitrogen functional groups attached to an aromatic ring is 1. The largest absolute Gasteiger partial charge is 0.390 e. The number of anilines is 1. The van der Waals surface area contributed by atoms with E-state index in [-0.39, 0.29) is 11.6 Å². The number of rotatable bonds is 4. The second kappa shape index (κ2) is 7.34. The van der Waals surface area contributed by atoms with Crippen molar-refractivity contribution in [1.29, 1.82) is 0 Å². The highest BCUT2D eigenvalue weighted by Crippen LogP contribution is 2.32. The van der Waals surface area contributed by atoms with E-state index >= 15 is 0 Å². The second-order valence-corrected chi connectivity index (χ2v) is 6.83. The van der Waals surface area contributed by atoms with E-state index in [2.05, 4.69) is 15.1 Å². The molecule has 0 saturated carbocycles. The monoisotopic (exact) mass is 406 g/mol. The molecular weight excluding hydrogens is 385 g/mol. The Kier molecular flexibility index (Phi) is 5.20. The number of aromatic nitrogens is 5. The van der Waals surface area contributed by atoms with Gasteiger partial charge in [0.1, 0.15) is 0 Å². The number of aryl methyl sites for hydroxylation is 3. The predicted molar refractivity (Wildman–Crippen MR) is 104 cm³/mol. The van der Waals surface area contributed by atoms with Crippen molar-refractivity contribution in [3.05, 3.63) is 45.8 Å². The first-order valence-corrected chi connectivity index (χ1v) is 8.96. The molecule has 3 aromatic heterocycles. The first-order valence-electron chi connectivity index (χ1n) is 8.96. The molecule has 10 heteroatoms. The van der Waals surface area contributed by atoms with E-state index in [1.807, 2.05) is 45.9 Å². The summed E-state index contributed by atoms with van der Waals surface area (Å²) in [7, 11) is 0. The van der Waals surface area contributed by atoms with Crippen LogP contribution in [0, 0.1) is 13.8 Å². The summed E-state index contributed by atoms with van der Waals surface area (Å²) in [6, 6.07) is 3.62. The van der Waals surface area contributed by atoms with Gasteiger partial charge in [-0.25, -0.2) is 18.9 Å². The normalized spacial score (nSPS) is 12.7. The molecule has 0 aliphatic carbocycles. The third-order valence-electron chi connectivity index (χ3n) is 4.54. The quantitative estimate of drug-likeness (QED) is 0.716. The van der Waals surface area contributed by atoms with Crippen molar-refractivity contribution >= 4 is 17.2 Å². The molecule has 0 atom stereocenters. The van der Waals surface area contributed by atoms with Crippen LogP contribution in [0.15, 0.2) is 23.0 Å². The summed E-state index contributed by atoms with van der Waals surface area (Å²) in [5, 5.41) is 4.19. The van der Waals surface area contributed by atoms with Crippen molar-refractivity contribution < 1.29 is 13.2 Å². The van der Waals surface area contributed by atoms with Crippen LogP contribution in [-0.4, -0.2) is 30.3 Å². The lowest BCUT2D eigenvalue weighted by atomic mass is 10.00. The first-order chi connectivity index (χ1) is 13.5. The third-order valence-corrected chi connectivity index (χ3v) is 4.54. The third kappa shape index (κ3) is 4.01. The molecule has 0 amide bonds. The van der Waals surface area contributed by atoms with Gasteiger partial charge >= 0.3 is 11.9 Å². The van der Waals surface area contributed by atoms with E-state index in [1.165, 1.54) is 0 Å². The Hall–Kier alpha value is -3.17. The maximum absolute atomic E-state index is 12.7. The number of halogens is 3. The lowest BCUT2D eigenvalue weighted by molar-refractivity contribution is -0.137. The topological polar surface area (TPSA) is 91.1 Å². The van der Waals surface area contributed by atoms with Crippen molar-refractivity contribution in [3.8, 4) is 11.1 Å². The molecule has 0 bridgehead atoms. The highest BCUT2D eigenvalue weighted by molar-refractivity contribution is 5.88. The van der Waals surface area contributed by atoms with E-state index in [1.54, 1.807) is 0 Å². The number of hydrogen-bond donors (Lipinski definition) is 1. The van der Waals surface area contributed by atoms with Gasteiger partial charge in [-0.15, -0.1) is 5.10 Å². The van der Waals surface area contributed by atoms with Gasteiger partial charge in [0.25, 0.3) is 0 Å². The zero-order valence-corrected chi connectivity index (χ0v) is 16.5. The Labute approximate surface area is 164 Å². The number of nitrogens with two attached hydrogens (primary N) is 1. The van der Waals surface area contributed by atoms with Gasteiger partial charge in [0.15, 0.2) is 5.65 Å². The van der Waals surface area contributed by atoms with Crippen LogP contribution in [0.4, 0.5) is 19.1 Å². The number of pyridine rings is 1. The van der Waals surface area contributed by atoms with Gasteiger partial charge in [0, 0.05) is 11.4 Å². The van der Waals surface area contributed by atoms with E-state index < -0.39 is 24.8 Å². The van der Waals surface area contributed by atoms with Crippen molar-refractivity contribution in [1.82, 2.24) is 24.1 Å². The van der Waals surface area contributed by atoms with Crippen LogP contribution < -0.4 is 11.4 Å². The molecule has 0 radical (unpaired) electrons. The number of allylic oxidation sites excluding steroid dienone is 2.